The molecule has 4 N–H and O–H groups in total. The first-order valence-electron chi connectivity index (χ1n) is 22.5. The number of benzene rings is 3. The topological polar surface area (TPSA) is 203 Å². The zero-order chi connectivity index (χ0) is 51.2. The molecule has 2 aliphatic rings. The number of hydrogen-bond donors (Lipinski definition) is 4. The normalized spacial score (nSPS) is 18.2. The van der Waals surface area contributed by atoms with Crippen LogP contribution in [0.25, 0.3) is 11.3 Å². The molecule has 0 aliphatic carbocycles. The second-order valence-corrected chi connectivity index (χ2v) is 18.0. The van der Waals surface area contributed by atoms with E-state index in [0.717, 1.165) is 28.2 Å². The molecule has 3 aromatic carbocycles. The van der Waals surface area contributed by atoms with Crippen molar-refractivity contribution in [3.63, 3.8) is 0 Å². The third-order valence-electron chi connectivity index (χ3n) is 11.6. The monoisotopic (exact) mass is 1020 g/mol. The number of amides is 3. The van der Waals surface area contributed by atoms with Gasteiger partial charge in [-0.25, -0.2) is 14.6 Å². The van der Waals surface area contributed by atoms with Gasteiger partial charge < -0.3 is 54.0 Å². The molecule has 3 amide bonds. The number of carbonyl (C=O) groups is 4. The van der Waals surface area contributed by atoms with Crippen LogP contribution in [-0.4, -0.2) is 136 Å². The summed E-state index contributed by atoms with van der Waals surface area (Å²) in [5, 5.41) is 24.6. The van der Waals surface area contributed by atoms with E-state index >= 15 is 0 Å². The zero-order valence-electron chi connectivity index (χ0n) is 39.5. The van der Waals surface area contributed by atoms with Crippen LogP contribution in [0.2, 0.25) is 10.0 Å². The lowest BCUT2D eigenvalue weighted by Crippen LogP contribution is -2.65. The number of ether oxygens (including phenoxy) is 5. The van der Waals surface area contributed by atoms with Crippen LogP contribution in [0, 0.1) is 0 Å². The van der Waals surface area contributed by atoms with Gasteiger partial charge in [-0.2, -0.15) is 13.2 Å². The molecular formula is C48H59Cl2F3N6O11. The largest absolute Gasteiger partial charge is 0.490 e. The molecule has 6 rings (SSSR count). The fourth-order valence-corrected chi connectivity index (χ4v) is 8.27. The van der Waals surface area contributed by atoms with Gasteiger partial charge in [0.2, 0.25) is 11.8 Å². The quantitative estimate of drug-likeness (QED) is 0.0628. The Morgan fingerprint density at radius 3 is 2.23 bits per heavy atom. The lowest BCUT2D eigenvalue weighted by atomic mass is 9.82. The Labute approximate surface area is 414 Å². The van der Waals surface area contributed by atoms with E-state index in [1.54, 1.807) is 45.0 Å². The van der Waals surface area contributed by atoms with E-state index in [9.17, 15) is 32.7 Å². The van der Waals surface area contributed by atoms with Crippen LogP contribution in [0.4, 0.5) is 18.0 Å². The predicted molar refractivity (Wildman–Crippen MR) is 253 cm³/mol. The van der Waals surface area contributed by atoms with Gasteiger partial charge in [0.25, 0.3) is 0 Å². The molecule has 2 fully saturated rings. The first-order valence-corrected chi connectivity index (χ1v) is 23.2. The van der Waals surface area contributed by atoms with Crippen LogP contribution in [0.1, 0.15) is 57.5 Å². The minimum absolute atomic E-state index is 0.0208. The molecule has 4 aromatic rings. The molecular weight excluding hydrogens is 964 g/mol. The fourth-order valence-electron chi connectivity index (χ4n) is 7.98. The van der Waals surface area contributed by atoms with Crippen LogP contribution in [0.3, 0.4) is 0 Å². The third-order valence-corrected chi connectivity index (χ3v) is 12.1. The number of rotatable bonds is 20. The number of carboxylic acids is 1. The SMILES string of the molecule is CCOCCOCCOCc1ncc(-c2ccc(Oc3cc(Cl)ccc3CN[C@@H](C)C(=O)N3[C@H](C(=O)N[C@@]4(Cc5ccc(Cl)cc5)CCCN(C(=O)O)C4)COC3(C)C)cc2)n1C.O=C(O)C(F)(F)F. The Morgan fingerprint density at radius 2 is 1.59 bits per heavy atom. The summed E-state index contributed by atoms with van der Waals surface area (Å²) in [4.78, 5) is 56.9. The molecule has 3 heterocycles. The Kier molecular flexibility index (Phi) is 19.9. The lowest BCUT2D eigenvalue weighted by Gasteiger charge is -2.44. The van der Waals surface area contributed by atoms with E-state index in [2.05, 4.69) is 15.6 Å². The molecule has 2 saturated heterocycles. The van der Waals surface area contributed by atoms with E-state index in [-0.39, 0.29) is 25.6 Å². The van der Waals surface area contributed by atoms with Crippen molar-refractivity contribution < 1.29 is 66.2 Å². The van der Waals surface area contributed by atoms with Gasteiger partial charge in [-0.1, -0.05) is 41.4 Å². The maximum atomic E-state index is 14.3. The van der Waals surface area contributed by atoms with Gasteiger partial charge in [0.15, 0.2) is 0 Å². The number of carbonyl (C=O) groups excluding carboxylic acids is 2. The van der Waals surface area contributed by atoms with E-state index in [0.29, 0.717) is 87.0 Å². The van der Waals surface area contributed by atoms with Crippen molar-refractivity contribution in [2.24, 2.45) is 7.05 Å². The summed E-state index contributed by atoms with van der Waals surface area (Å²) in [5.41, 5.74) is 1.52. The van der Waals surface area contributed by atoms with Crippen molar-refractivity contribution in [2.45, 2.75) is 89.6 Å². The van der Waals surface area contributed by atoms with Crippen LogP contribution >= 0.6 is 23.2 Å². The fraction of sp³-hybridized carbons (Fsp3) is 0.479. The highest BCUT2D eigenvalue weighted by Gasteiger charge is 2.50. The Balaban J connectivity index is 0.00000121. The summed E-state index contributed by atoms with van der Waals surface area (Å²) in [7, 11) is 1.95. The number of aromatic nitrogens is 2. The zero-order valence-corrected chi connectivity index (χ0v) is 41.0. The molecule has 70 heavy (non-hydrogen) atoms. The standard InChI is InChI=1S/C46H58Cl2N6O9.C2HF3O2/c1-6-59-20-21-60-22-23-61-29-41-50-27-38(52(41)5)33-11-16-37(17-12-33)63-40-24-36(48)15-10-34(40)26-49-31(2)43(56)54-39(28-62-45(54,3)4)42(55)51-46(18-7-19-53(30-46)44(57)58)25-32-8-13-35(47)14-9-32;3-2(4,5)1(6)7/h8-17,24,27,31,39,49H,6-7,18-23,25-26,28-30H2,1-5H3,(H,51,55)(H,57,58);(H,6,7)/t31-,39-,46+;/m0./s1. The van der Waals surface area contributed by atoms with Gasteiger partial charge in [0.05, 0.1) is 56.5 Å². The van der Waals surface area contributed by atoms with Crippen LogP contribution in [0.15, 0.2) is 72.9 Å². The molecule has 382 valence electrons. The van der Waals surface area contributed by atoms with Crippen molar-refractivity contribution in [1.82, 2.24) is 30.0 Å². The first kappa shape index (κ1) is 55.4. The molecule has 3 atom stereocenters. The number of piperidine rings is 1. The molecule has 0 saturated carbocycles. The average molecular weight is 1020 g/mol. The summed E-state index contributed by atoms with van der Waals surface area (Å²) < 4.78 is 62.7. The van der Waals surface area contributed by atoms with Gasteiger partial charge in [-0.15, -0.1) is 0 Å². The number of hydrogen-bond acceptors (Lipinski definition) is 11. The Hall–Kier alpha value is -5.48. The van der Waals surface area contributed by atoms with Crippen LogP contribution < -0.4 is 15.4 Å². The van der Waals surface area contributed by atoms with Crippen molar-refractivity contribution >= 4 is 47.1 Å². The number of alkyl halides is 3. The predicted octanol–water partition coefficient (Wildman–Crippen LogP) is 7.70. The minimum Gasteiger partial charge on any atom is -0.475 e. The van der Waals surface area contributed by atoms with Gasteiger partial charge in [0, 0.05) is 54.5 Å². The van der Waals surface area contributed by atoms with Gasteiger partial charge in [-0.3, -0.25) is 14.5 Å². The molecule has 2 aliphatic heterocycles. The highest BCUT2D eigenvalue weighted by atomic mass is 35.5. The van der Waals surface area contributed by atoms with Gasteiger partial charge >= 0.3 is 18.2 Å². The molecule has 0 spiro atoms. The van der Waals surface area contributed by atoms with E-state index in [1.807, 2.05) is 67.2 Å². The summed E-state index contributed by atoms with van der Waals surface area (Å²) >= 11 is 12.6. The second-order valence-electron chi connectivity index (χ2n) is 17.1. The Morgan fingerprint density at radius 1 is 0.943 bits per heavy atom. The molecule has 0 radical (unpaired) electrons. The number of halogens is 5. The highest BCUT2D eigenvalue weighted by Crippen LogP contribution is 2.33. The number of nitrogens with one attached hydrogen (secondary N) is 2. The Bertz CT molecular complexity index is 2390. The molecule has 1 aromatic heterocycles. The average Bonchev–Trinajstić information content (AvgIpc) is 3.84. The van der Waals surface area contributed by atoms with Gasteiger partial charge in [0.1, 0.15) is 35.7 Å². The van der Waals surface area contributed by atoms with E-state index in [1.165, 1.54) is 9.80 Å². The molecule has 0 bridgehead atoms. The molecule has 17 nitrogen and oxygen atoms in total. The minimum atomic E-state index is -5.08. The number of carboxylic acid groups (broad SMARTS) is 2. The highest BCUT2D eigenvalue weighted by molar-refractivity contribution is 6.31. The number of nitrogens with zero attached hydrogens (tertiary/aromatic N) is 4. The second kappa shape index (κ2) is 25.1. The van der Waals surface area contributed by atoms with Crippen molar-refractivity contribution in [1.29, 1.82) is 0 Å². The van der Waals surface area contributed by atoms with Crippen molar-refractivity contribution in [2.75, 3.05) is 52.7 Å². The van der Waals surface area contributed by atoms with Crippen molar-refractivity contribution in [3.8, 4) is 22.8 Å². The number of imidazole rings is 1. The third kappa shape index (κ3) is 15.5. The van der Waals surface area contributed by atoms with Crippen LogP contribution in [0.5, 0.6) is 11.5 Å². The van der Waals surface area contributed by atoms with Crippen molar-refractivity contribution in [3.05, 3.63) is 99.9 Å². The maximum Gasteiger partial charge on any atom is 0.490 e. The van der Waals surface area contributed by atoms with E-state index in [4.69, 9.17) is 56.8 Å². The smallest absolute Gasteiger partial charge is 0.475 e. The summed E-state index contributed by atoms with van der Waals surface area (Å²) in [5.74, 6) is -1.61. The number of aliphatic carboxylic acids is 1. The lowest BCUT2D eigenvalue weighted by molar-refractivity contribution is -0.192. The first-order chi connectivity index (χ1) is 33.1. The number of likely N-dealkylation sites (tertiary alicyclic amines) is 1. The molecule has 22 heteroatoms. The van der Waals surface area contributed by atoms with E-state index < -0.39 is 47.5 Å². The maximum absolute atomic E-state index is 14.3. The van der Waals surface area contributed by atoms with Gasteiger partial charge in [-0.05, 0) is 101 Å². The molecule has 0 unspecified atom stereocenters. The summed E-state index contributed by atoms with van der Waals surface area (Å²) in [6, 6.07) is 18.6. The summed E-state index contributed by atoms with van der Waals surface area (Å²) in [6.45, 7) is 10.9. The van der Waals surface area contributed by atoms with Crippen LogP contribution in [-0.2, 0) is 60.0 Å². The summed E-state index contributed by atoms with van der Waals surface area (Å²) in [6.07, 6.45) is -2.83.